The van der Waals surface area contributed by atoms with Gasteiger partial charge in [0.1, 0.15) is 5.69 Å². The number of fused-ring (bicyclic) bond motifs is 3. The van der Waals surface area contributed by atoms with Crippen LogP contribution < -0.4 is 5.73 Å². The standard InChI is InChI=1S/C22H20N4O2S/c1-14-12-24-13-20(25-14)22-11-18-16-7-9-19(23)17(16)8-10-21(18)26(22)29(27,28)15-5-3-2-4-6-15/h2-6,8,10-13,19H,7,9,23H2,1H3/t19-/m1/s1. The predicted octanol–water partition coefficient (Wildman–Crippen LogP) is 3.59. The summed E-state index contributed by atoms with van der Waals surface area (Å²) >= 11 is 0. The Bertz CT molecular complexity index is 1340. The van der Waals surface area contributed by atoms with Crippen molar-refractivity contribution in [1.82, 2.24) is 13.9 Å². The third-order valence-electron chi connectivity index (χ3n) is 5.49. The van der Waals surface area contributed by atoms with E-state index in [-0.39, 0.29) is 10.9 Å². The monoisotopic (exact) mass is 404 g/mol. The number of aryl methyl sites for hydroxylation is 2. The Morgan fingerprint density at radius 3 is 2.66 bits per heavy atom. The minimum Gasteiger partial charge on any atom is -0.324 e. The summed E-state index contributed by atoms with van der Waals surface area (Å²) in [5.41, 5.74) is 10.9. The molecule has 2 heterocycles. The van der Waals surface area contributed by atoms with E-state index >= 15 is 0 Å². The van der Waals surface area contributed by atoms with Gasteiger partial charge in [0.15, 0.2) is 0 Å². The Morgan fingerprint density at radius 2 is 1.90 bits per heavy atom. The zero-order chi connectivity index (χ0) is 20.2. The fraction of sp³-hybridized carbons (Fsp3) is 0.182. The van der Waals surface area contributed by atoms with Crippen molar-refractivity contribution in [1.29, 1.82) is 0 Å². The highest BCUT2D eigenvalue weighted by atomic mass is 32.2. The molecule has 5 rings (SSSR count). The maximum absolute atomic E-state index is 13.6. The largest absolute Gasteiger partial charge is 0.324 e. The lowest BCUT2D eigenvalue weighted by Crippen LogP contribution is -2.14. The van der Waals surface area contributed by atoms with Crippen LogP contribution in [0.4, 0.5) is 0 Å². The van der Waals surface area contributed by atoms with Gasteiger partial charge in [-0.15, -0.1) is 0 Å². The maximum atomic E-state index is 13.6. The van der Waals surface area contributed by atoms with Gasteiger partial charge in [-0.1, -0.05) is 24.3 Å². The molecule has 0 fully saturated rings. The lowest BCUT2D eigenvalue weighted by molar-refractivity contribution is 0.589. The molecule has 4 aromatic rings. The van der Waals surface area contributed by atoms with Crippen LogP contribution in [0.5, 0.6) is 0 Å². The van der Waals surface area contributed by atoms with Gasteiger partial charge >= 0.3 is 0 Å². The summed E-state index contributed by atoms with van der Waals surface area (Å²) in [5.74, 6) is 0. The highest BCUT2D eigenvalue weighted by Gasteiger charge is 2.28. The highest BCUT2D eigenvalue weighted by Crippen LogP contribution is 2.39. The Kier molecular flexibility index (Phi) is 4.04. The summed E-state index contributed by atoms with van der Waals surface area (Å²) in [4.78, 5) is 9.00. The molecule has 2 aromatic heterocycles. The molecule has 1 atom stereocenters. The van der Waals surface area contributed by atoms with Crippen LogP contribution in [0.15, 0.2) is 65.8 Å². The van der Waals surface area contributed by atoms with Crippen molar-refractivity contribution in [2.45, 2.75) is 30.7 Å². The lowest BCUT2D eigenvalue weighted by Gasteiger charge is -2.12. The highest BCUT2D eigenvalue weighted by molar-refractivity contribution is 7.90. The van der Waals surface area contributed by atoms with Gasteiger partial charge in [0.25, 0.3) is 10.0 Å². The summed E-state index contributed by atoms with van der Waals surface area (Å²) in [6.07, 6.45) is 4.95. The second-order valence-electron chi connectivity index (χ2n) is 7.37. The van der Waals surface area contributed by atoms with E-state index in [0.29, 0.717) is 16.9 Å². The van der Waals surface area contributed by atoms with Crippen molar-refractivity contribution in [3.63, 3.8) is 0 Å². The van der Waals surface area contributed by atoms with Crippen molar-refractivity contribution < 1.29 is 8.42 Å². The quantitative estimate of drug-likeness (QED) is 0.563. The molecule has 29 heavy (non-hydrogen) atoms. The molecule has 1 aliphatic carbocycles. The first kappa shape index (κ1) is 18.0. The molecule has 0 saturated heterocycles. The SMILES string of the molecule is Cc1cncc(-c2cc3c4c(ccc3n2S(=O)(=O)c2ccccc2)[C@H](N)CC4)n1. The van der Waals surface area contributed by atoms with Gasteiger partial charge < -0.3 is 5.73 Å². The molecule has 2 aromatic carbocycles. The van der Waals surface area contributed by atoms with Gasteiger partial charge in [-0.05, 0) is 55.2 Å². The average molecular weight is 404 g/mol. The summed E-state index contributed by atoms with van der Waals surface area (Å²) in [7, 11) is -3.83. The molecule has 146 valence electrons. The van der Waals surface area contributed by atoms with Crippen LogP contribution in [-0.2, 0) is 16.4 Å². The third kappa shape index (κ3) is 2.77. The number of hydrogen-bond donors (Lipinski definition) is 1. The third-order valence-corrected chi connectivity index (χ3v) is 7.23. The van der Waals surface area contributed by atoms with Gasteiger partial charge in [0.2, 0.25) is 0 Å². The molecule has 0 aliphatic heterocycles. The molecule has 0 amide bonds. The van der Waals surface area contributed by atoms with Crippen molar-refractivity contribution in [3.05, 3.63) is 77.7 Å². The van der Waals surface area contributed by atoms with E-state index in [9.17, 15) is 8.42 Å². The first-order valence-corrected chi connectivity index (χ1v) is 10.9. The topological polar surface area (TPSA) is 90.9 Å². The van der Waals surface area contributed by atoms with Crippen molar-refractivity contribution in [2.24, 2.45) is 5.73 Å². The summed E-state index contributed by atoms with van der Waals surface area (Å²) in [6.45, 7) is 1.84. The van der Waals surface area contributed by atoms with Crippen molar-refractivity contribution >= 4 is 20.9 Å². The molecule has 0 bridgehead atoms. The Morgan fingerprint density at radius 1 is 1.10 bits per heavy atom. The van der Waals surface area contributed by atoms with Crippen LogP contribution in [0.25, 0.3) is 22.3 Å². The Balaban J connectivity index is 1.87. The molecule has 0 unspecified atom stereocenters. The summed E-state index contributed by atoms with van der Waals surface area (Å²) in [5, 5.41) is 0.910. The summed E-state index contributed by atoms with van der Waals surface area (Å²) < 4.78 is 28.7. The predicted molar refractivity (Wildman–Crippen MR) is 112 cm³/mol. The molecule has 7 heteroatoms. The van der Waals surface area contributed by atoms with Crippen molar-refractivity contribution in [3.8, 4) is 11.4 Å². The van der Waals surface area contributed by atoms with E-state index in [1.807, 2.05) is 25.1 Å². The minimum atomic E-state index is -3.83. The zero-order valence-electron chi connectivity index (χ0n) is 15.9. The van der Waals surface area contributed by atoms with Crippen molar-refractivity contribution in [2.75, 3.05) is 0 Å². The van der Waals surface area contributed by atoms with Gasteiger partial charge in [-0.2, -0.15) is 0 Å². The number of aromatic nitrogens is 3. The van der Waals surface area contributed by atoms with Gasteiger partial charge in [0, 0.05) is 17.6 Å². The fourth-order valence-corrected chi connectivity index (χ4v) is 5.67. The van der Waals surface area contributed by atoms with Crippen LogP contribution >= 0.6 is 0 Å². The van der Waals surface area contributed by atoms with E-state index in [1.54, 1.807) is 42.7 Å². The van der Waals surface area contributed by atoms with E-state index in [0.717, 1.165) is 35.0 Å². The zero-order valence-corrected chi connectivity index (χ0v) is 16.7. The number of nitrogens with two attached hydrogens (primary N) is 1. The Labute approximate surface area is 169 Å². The van der Waals surface area contributed by atoms with Crippen LogP contribution in [0.3, 0.4) is 0 Å². The van der Waals surface area contributed by atoms with Gasteiger partial charge in [-0.3, -0.25) is 4.98 Å². The van der Waals surface area contributed by atoms with Gasteiger partial charge in [0.05, 0.1) is 28.0 Å². The molecule has 2 N–H and O–H groups in total. The number of hydrogen-bond acceptors (Lipinski definition) is 5. The van der Waals surface area contributed by atoms with Crippen LogP contribution in [0, 0.1) is 6.92 Å². The second-order valence-corrected chi connectivity index (χ2v) is 9.16. The molecule has 0 spiro atoms. The maximum Gasteiger partial charge on any atom is 0.268 e. The van der Waals surface area contributed by atoms with Gasteiger partial charge in [-0.25, -0.2) is 17.4 Å². The smallest absolute Gasteiger partial charge is 0.268 e. The van der Waals surface area contributed by atoms with E-state index in [1.165, 1.54) is 3.97 Å². The van der Waals surface area contributed by atoms with Crippen LogP contribution in [0.2, 0.25) is 0 Å². The summed E-state index contributed by atoms with van der Waals surface area (Å²) in [6, 6.07) is 14.2. The fourth-order valence-electron chi connectivity index (χ4n) is 4.14. The number of benzene rings is 2. The van der Waals surface area contributed by atoms with E-state index in [4.69, 9.17) is 5.73 Å². The number of nitrogens with zero attached hydrogens (tertiary/aromatic N) is 3. The van der Waals surface area contributed by atoms with E-state index < -0.39 is 10.0 Å². The minimum absolute atomic E-state index is 0.00862. The number of rotatable bonds is 3. The average Bonchev–Trinajstić information content (AvgIpc) is 3.30. The van der Waals surface area contributed by atoms with Crippen LogP contribution in [0.1, 0.15) is 29.3 Å². The molecular weight excluding hydrogens is 384 g/mol. The van der Waals surface area contributed by atoms with E-state index in [2.05, 4.69) is 9.97 Å². The molecule has 1 aliphatic rings. The lowest BCUT2D eigenvalue weighted by atomic mass is 10.0. The normalized spacial score (nSPS) is 16.3. The first-order valence-electron chi connectivity index (χ1n) is 9.49. The molecule has 6 nitrogen and oxygen atoms in total. The molecule has 0 saturated carbocycles. The molecular formula is C22H20N4O2S. The second kappa shape index (κ2) is 6.50. The first-order chi connectivity index (χ1) is 14.0. The Hall–Kier alpha value is -3.03. The molecule has 0 radical (unpaired) electrons. The van der Waals surface area contributed by atoms with Crippen LogP contribution in [-0.4, -0.2) is 22.4 Å².